The van der Waals surface area contributed by atoms with Crippen LogP contribution in [0, 0.1) is 0 Å². The number of carboxylic acids is 1. The van der Waals surface area contributed by atoms with Gasteiger partial charge in [0.2, 0.25) is 5.43 Å². The highest BCUT2D eigenvalue weighted by Crippen LogP contribution is 2.11. The summed E-state index contributed by atoms with van der Waals surface area (Å²) >= 11 is 0. The molecule has 0 radical (unpaired) electrons. The number of rotatable bonds is 3. The molecule has 1 N–H and O–H groups in total. The second kappa shape index (κ2) is 4.87. The van der Waals surface area contributed by atoms with E-state index in [9.17, 15) is 9.59 Å². The van der Waals surface area contributed by atoms with E-state index in [1.807, 2.05) is 31.2 Å². The smallest absolute Gasteiger partial charge is 0.341 e. The van der Waals surface area contributed by atoms with Crippen LogP contribution in [-0.2, 0) is 6.54 Å². The molecule has 1 aromatic heterocycles. The maximum absolute atomic E-state index is 12.0. The molecule has 2 rings (SSSR count). The number of hydrogen-bond acceptors (Lipinski definition) is 2. The third-order valence-electron chi connectivity index (χ3n) is 2.76. The van der Waals surface area contributed by atoms with Gasteiger partial charge in [0, 0.05) is 18.1 Å². The van der Waals surface area contributed by atoms with Crippen LogP contribution >= 0.6 is 0 Å². The van der Waals surface area contributed by atoms with Crippen molar-refractivity contribution in [1.29, 1.82) is 0 Å². The number of carbonyl (C=O) groups is 1. The topological polar surface area (TPSA) is 59.3 Å². The first-order valence-electron chi connectivity index (χ1n) is 5.61. The summed E-state index contributed by atoms with van der Waals surface area (Å²) in [4.78, 5) is 23.0. The average Bonchev–Trinajstić information content (AvgIpc) is 2.38. The van der Waals surface area contributed by atoms with Gasteiger partial charge in [-0.25, -0.2) is 4.79 Å². The summed E-state index contributed by atoms with van der Waals surface area (Å²) in [6.07, 6.45) is 5.18. The lowest BCUT2D eigenvalue weighted by Gasteiger charge is -2.09. The predicted molar refractivity (Wildman–Crippen MR) is 70.0 cm³/mol. The van der Waals surface area contributed by atoms with Crippen molar-refractivity contribution < 1.29 is 9.90 Å². The van der Waals surface area contributed by atoms with E-state index < -0.39 is 11.4 Å². The van der Waals surface area contributed by atoms with Crippen molar-refractivity contribution in [2.75, 3.05) is 0 Å². The zero-order valence-corrected chi connectivity index (χ0v) is 9.96. The van der Waals surface area contributed by atoms with Crippen molar-refractivity contribution in [3.63, 3.8) is 0 Å². The number of nitrogens with zero attached hydrogens (tertiary/aromatic N) is 1. The number of benzene rings is 1. The lowest BCUT2D eigenvalue weighted by atomic mass is 10.1. The summed E-state index contributed by atoms with van der Waals surface area (Å²) in [5, 5.41) is 9.48. The lowest BCUT2D eigenvalue weighted by Crippen LogP contribution is -2.18. The van der Waals surface area contributed by atoms with Crippen molar-refractivity contribution in [2.24, 2.45) is 0 Å². The van der Waals surface area contributed by atoms with Crippen LogP contribution in [0.2, 0.25) is 0 Å². The Morgan fingerprint density at radius 2 is 2.11 bits per heavy atom. The summed E-state index contributed by atoms with van der Waals surface area (Å²) in [6, 6.07) is 7.02. The first-order valence-corrected chi connectivity index (χ1v) is 5.61. The van der Waals surface area contributed by atoms with Gasteiger partial charge in [-0.15, -0.1) is 0 Å². The normalized spacial score (nSPS) is 11.2. The van der Waals surface area contributed by atoms with Crippen LogP contribution < -0.4 is 5.43 Å². The molecule has 92 valence electrons. The van der Waals surface area contributed by atoms with Crippen LogP contribution in [-0.4, -0.2) is 15.6 Å². The lowest BCUT2D eigenvalue weighted by molar-refractivity contribution is 0.0695. The SMILES string of the molecule is CC=CCn1cc(C(=O)O)c(=O)c2ccccc21. The fraction of sp³-hybridized carbons (Fsp3) is 0.143. The zero-order chi connectivity index (χ0) is 13.1. The standard InChI is InChI=1S/C14H13NO3/c1-2-3-8-15-9-11(14(17)18)13(16)10-6-4-5-7-12(10)15/h2-7,9H,8H2,1H3,(H,17,18). The second-order valence-corrected chi connectivity index (χ2v) is 3.92. The summed E-state index contributed by atoms with van der Waals surface area (Å²) in [7, 11) is 0. The maximum Gasteiger partial charge on any atom is 0.341 e. The Hall–Kier alpha value is -2.36. The summed E-state index contributed by atoms with van der Waals surface area (Å²) in [5.74, 6) is -1.19. The van der Waals surface area contributed by atoms with E-state index in [4.69, 9.17) is 5.11 Å². The Kier molecular flexibility index (Phi) is 3.28. The first-order chi connectivity index (χ1) is 8.65. The Bertz CT molecular complexity index is 683. The van der Waals surface area contributed by atoms with E-state index >= 15 is 0 Å². The Labute approximate surface area is 104 Å². The van der Waals surface area contributed by atoms with Crippen LogP contribution in [0.3, 0.4) is 0 Å². The van der Waals surface area contributed by atoms with Crippen molar-refractivity contribution >= 4 is 16.9 Å². The minimum absolute atomic E-state index is 0.196. The summed E-state index contributed by atoms with van der Waals surface area (Å²) in [5.41, 5.74) is 0.110. The number of pyridine rings is 1. The molecule has 0 saturated carbocycles. The second-order valence-electron chi connectivity index (χ2n) is 3.92. The van der Waals surface area contributed by atoms with Crippen molar-refractivity contribution in [3.8, 4) is 0 Å². The Balaban J connectivity index is 2.79. The minimum atomic E-state index is -1.19. The molecule has 0 bridgehead atoms. The monoisotopic (exact) mass is 243 g/mol. The van der Waals surface area contributed by atoms with E-state index in [0.29, 0.717) is 11.9 Å². The molecule has 0 aliphatic carbocycles. The summed E-state index contributed by atoms with van der Waals surface area (Å²) < 4.78 is 1.76. The van der Waals surface area contributed by atoms with Gasteiger partial charge in [-0.2, -0.15) is 0 Å². The number of carboxylic acid groups (broad SMARTS) is 1. The van der Waals surface area contributed by atoms with E-state index in [1.54, 1.807) is 16.7 Å². The van der Waals surface area contributed by atoms with Gasteiger partial charge in [0.1, 0.15) is 5.56 Å². The zero-order valence-electron chi connectivity index (χ0n) is 9.96. The molecule has 4 heteroatoms. The highest BCUT2D eigenvalue weighted by Gasteiger charge is 2.13. The Morgan fingerprint density at radius 3 is 2.78 bits per heavy atom. The first kappa shape index (κ1) is 12.1. The fourth-order valence-electron chi connectivity index (χ4n) is 1.87. The summed E-state index contributed by atoms with van der Waals surface area (Å²) in [6.45, 7) is 2.43. The van der Waals surface area contributed by atoms with Crippen LogP contribution in [0.1, 0.15) is 17.3 Å². The van der Waals surface area contributed by atoms with Crippen molar-refractivity contribution in [2.45, 2.75) is 13.5 Å². The molecule has 2 aromatic rings. The van der Waals surface area contributed by atoms with Crippen molar-refractivity contribution in [1.82, 2.24) is 4.57 Å². The molecule has 0 spiro atoms. The van der Waals surface area contributed by atoms with Gasteiger partial charge in [0.25, 0.3) is 0 Å². The molecule has 0 amide bonds. The van der Waals surface area contributed by atoms with Gasteiger partial charge in [-0.1, -0.05) is 24.3 Å². The number of hydrogen-bond donors (Lipinski definition) is 1. The average molecular weight is 243 g/mol. The van der Waals surface area contributed by atoms with Gasteiger partial charge < -0.3 is 9.67 Å². The number of fused-ring (bicyclic) bond motifs is 1. The predicted octanol–water partition coefficient (Wildman–Crippen LogP) is 2.28. The van der Waals surface area contributed by atoms with Gasteiger partial charge in [0.05, 0.1) is 5.52 Å². The van der Waals surface area contributed by atoms with E-state index in [1.165, 1.54) is 6.20 Å². The van der Waals surface area contributed by atoms with E-state index in [-0.39, 0.29) is 5.56 Å². The molecule has 0 saturated heterocycles. The third kappa shape index (κ3) is 2.05. The molecule has 0 unspecified atom stereocenters. The molecule has 0 atom stereocenters. The van der Waals surface area contributed by atoms with Crippen LogP contribution in [0.5, 0.6) is 0 Å². The molecular weight excluding hydrogens is 230 g/mol. The molecule has 0 aliphatic rings. The van der Waals surface area contributed by atoms with Crippen LogP contribution in [0.4, 0.5) is 0 Å². The number of allylic oxidation sites excluding steroid dienone is 2. The molecule has 18 heavy (non-hydrogen) atoms. The largest absolute Gasteiger partial charge is 0.477 e. The highest BCUT2D eigenvalue weighted by atomic mass is 16.4. The number of aromatic carboxylic acids is 1. The van der Waals surface area contributed by atoms with Gasteiger partial charge in [0.15, 0.2) is 0 Å². The van der Waals surface area contributed by atoms with E-state index in [0.717, 1.165) is 5.52 Å². The van der Waals surface area contributed by atoms with Crippen LogP contribution in [0.25, 0.3) is 10.9 Å². The number of para-hydroxylation sites is 1. The molecule has 1 aromatic carbocycles. The third-order valence-corrected chi connectivity index (χ3v) is 2.76. The molecule has 4 nitrogen and oxygen atoms in total. The number of aromatic nitrogens is 1. The Morgan fingerprint density at radius 1 is 1.39 bits per heavy atom. The minimum Gasteiger partial charge on any atom is -0.477 e. The van der Waals surface area contributed by atoms with Gasteiger partial charge in [-0.3, -0.25) is 4.79 Å². The van der Waals surface area contributed by atoms with Gasteiger partial charge >= 0.3 is 5.97 Å². The molecular formula is C14H13NO3. The van der Waals surface area contributed by atoms with E-state index in [2.05, 4.69) is 0 Å². The molecule has 0 fully saturated rings. The van der Waals surface area contributed by atoms with Crippen molar-refractivity contribution in [3.05, 3.63) is 58.4 Å². The molecule has 1 heterocycles. The van der Waals surface area contributed by atoms with Gasteiger partial charge in [-0.05, 0) is 19.1 Å². The van der Waals surface area contributed by atoms with Crippen LogP contribution in [0.15, 0.2) is 47.4 Å². The molecule has 0 aliphatic heterocycles. The maximum atomic E-state index is 12.0. The fourth-order valence-corrected chi connectivity index (χ4v) is 1.87. The highest BCUT2D eigenvalue weighted by molar-refractivity contribution is 5.92. The quantitative estimate of drug-likeness (QED) is 0.841.